The van der Waals surface area contributed by atoms with E-state index in [1.807, 2.05) is 32.0 Å². The van der Waals surface area contributed by atoms with Gasteiger partial charge in [-0.3, -0.25) is 15.4 Å². The largest absolute Gasteiger partial charge is 0.484 e. The van der Waals surface area contributed by atoms with Crippen molar-refractivity contribution in [1.29, 1.82) is 0 Å². The second-order valence-electron chi connectivity index (χ2n) is 5.17. The van der Waals surface area contributed by atoms with Gasteiger partial charge >= 0.3 is 0 Å². The third-order valence-corrected chi connectivity index (χ3v) is 2.78. The summed E-state index contributed by atoms with van der Waals surface area (Å²) in [5.74, 6) is 0.875. The Morgan fingerprint density at radius 3 is 2.78 bits per heavy atom. The Morgan fingerprint density at radius 2 is 2.09 bits per heavy atom. The normalized spacial score (nSPS) is 10.4. The first kappa shape index (κ1) is 16.8. The van der Waals surface area contributed by atoms with Gasteiger partial charge < -0.3 is 4.74 Å². The summed E-state index contributed by atoms with van der Waals surface area (Å²) in [5.41, 5.74) is 0. The number of carbonyl (C=O) groups is 1. The number of carbonyl (C=O) groups excluding carboxylic acids is 1. The van der Waals surface area contributed by atoms with Crippen LogP contribution in [0.1, 0.15) is 13.8 Å². The molecule has 0 saturated heterocycles. The fourth-order valence-corrected chi connectivity index (χ4v) is 1.86. The molecule has 0 aliphatic rings. The van der Waals surface area contributed by atoms with Gasteiger partial charge in [0.15, 0.2) is 11.7 Å². The number of aromatic nitrogens is 4. The Bertz CT molecular complexity index is 658. The quantitative estimate of drug-likeness (QED) is 0.767. The van der Waals surface area contributed by atoms with Crippen LogP contribution in [0.5, 0.6) is 5.75 Å². The van der Waals surface area contributed by atoms with E-state index in [4.69, 9.17) is 17.0 Å². The molecule has 0 bridgehead atoms. The standard InChI is InChI=1S/C14H18N6O2S/c1-10(2)8-20-18-13(17-19-20)16-14(23)15-12(21)9-22-11-6-4-3-5-7-11/h3-7,10H,8-9H2,1-2H3,(H2,15,16,18,21,23). The third-order valence-electron chi connectivity index (χ3n) is 2.57. The number of hydrogen-bond acceptors (Lipinski definition) is 6. The zero-order valence-corrected chi connectivity index (χ0v) is 13.7. The van der Waals surface area contributed by atoms with Crippen LogP contribution >= 0.6 is 12.2 Å². The summed E-state index contributed by atoms with van der Waals surface area (Å²) < 4.78 is 5.32. The second-order valence-corrected chi connectivity index (χ2v) is 5.57. The van der Waals surface area contributed by atoms with Gasteiger partial charge in [-0.15, -0.1) is 5.10 Å². The highest BCUT2D eigenvalue weighted by molar-refractivity contribution is 7.80. The van der Waals surface area contributed by atoms with Crippen LogP contribution in [0.3, 0.4) is 0 Å². The van der Waals surface area contributed by atoms with E-state index >= 15 is 0 Å². The highest BCUT2D eigenvalue weighted by atomic mass is 32.1. The van der Waals surface area contributed by atoms with Crippen molar-refractivity contribution >= 4 is 29.2 Å². The molecule has 0 spiro atoms. The Labute approximate surface area is 139 Å². The van der Waals surface area contributed by atoms with Gasteiger partial charge in [-0.2, -0.15) is 4.80 Å². The number of nitrogens with one attached hydrogen (secondary N) is 2. The van der Waals surface area contributed by atoms with Crippen molar-refractivity contribution in [2.45, 2.75) is 20.4 Å². The van der Waals surface area contributed by atoms with Crippen molar-refractivity contribution < 1.29 is 9.53 Å². The van der Waals surface area contributed by atoms with Gasteiger partial charge in [-0.05, 0) is 35.5 Å². The van der Waals surface area contributed by atoms with Gasteiger partial charge in [0.2, 0.25) is 0 Å². The molecule has 0 atom stereocenters. The van der Waals surface area contributed by atoms with E-state index in [1.165, 1.54) is 4.80 Å². The first-order valence-corrected chi connectivity index (χ1v) is 7.50. The van der Waals surface area contributed by atoms with Gasteiger partial charge in [-0.25, -0.2) is 0 Å². The SMILES string of the molecule is CC(C)Cn1nnc(NC(=S)NC(=O)COc2ccccc2)n1. The summed E-state index contributed by atoms with van der Waals surface area (Å²) in [5, 5.41) is 17.1. The highest BCUT2D eigenvalue weighted by Crippen LogP contribution is 2.07. The molecule has 23 heavy (non-hydrogen) atoms. The summed E-state index contributed by atoms with van der Waals surface area (Å²) >= 11 is 5.02. The number of thiocarbonyl (C=S) groups is 1. The van der Waals surface area contributed by atoms with E-state index in [9.17, 15) is 4.79 Å². The predicted molar refractivity (Wildman–Crippen MR) is 89.0 cm³/mol. The summed E-state index contributed by atoms with van der Waals surface area (Å²) in [6, 6.07) is 9.05. The minimum Gasteiger partial charge on any atom is -0.484 e. The molecule has 2 N–H and O–H groups in total. The molecule has 0 radical (unpaired) electrons. The van der Waals surface area contributed by atoms with Crippen LogP contribution in [0, 0.1) is 5.92 Å². The molecule has 0 aliphatic carbocycles. The van der Waals surface area contributed by atoms with Crippen molar-refractivity contribution in [3.05, 3.63) is 30.3 Å². The lowest BCUT2D eigenvalue weighted by atomic mass is 10.2. The first-order chi connectivity index (χ1) is 11.0. The fraction of sp³-hybridized carbons (Fsp3) is 0.357. The van der Waals surface area contributed by atoms with Gasteiger partial charge in [0.1, 0.15) is 5.75 Å². The zero-order valence-electron chi connectivity index (χ0n) is 12.9. The Balaban J connectivity index is 1.75. The van der Waals surface area contributed by atoms with E-state index in [1.54, 1.807) is 12.1 Å². The number of hydrogen-bond donors (Lipinski definition) is 2. The van der Waals surface area contributed by atoms with E-state index < -0.39 is 0 Å². The molecular weight excluding hydrogens is 316 g/mol. The lowest BCUT2D eigenvalue weighted by Gasteiger charge is -2.08. The van der Waals surface area contributed by atoms with E-state index in [0.717, 1.165) is 0 Å². The number of anilines is 1. The van der Waals surface area contributed by atoms with Crippen LogP contribution < -0.4 is 15.4 Å². The van der Waals surface area contributed by atoms with E-state index in [0.29, 0.717) is 18.2 Å². The van der Waals surface area contributed by atoms with Crippen LogP contribution in [-0.4, -0.2) is 37.8 Å². The molecule has 1 amide bonds. The molecule has 1 aromatic carbocycles. The molecule has 0 unspecified atom stereocenters. The number of ether oxygens (including phenoxy) is 1. The van der Waals surface area contributed by atoms with Crippen LogP contribution in [0.2, 0.25) is 0 Å². The lowest BCUT2D eigenvalue weighted by molar-refractivity contribution is -0.121. The molecule has 9 heteroatoms. The molecule has 2 rings (SSSR count). The molecule has 2 aromatic rings. The fourth-order valence-electron chi connectivity index (χ4n) is 1.66. The average Bonchev–Trinajstić information content (AvgIpc) is 2.92. The first-order valence-electron chi connectivity index (χ1n) is 7.09. The number of benzene rings is 1. The Morgan fingerprint density at radius 1 is 1.35 bits per heavy atom. The smallest absolute Gasteiger partial charge is 0.269 e. The summed E-state index contributed by atoms with van der Waals surface area (Å²) in [7, 11) is 0. The molecule has 0 saturated carbocycles. The van der Waals surface area contributed by atoms with Crippen LogP contribution in [0.25, 0.3) is 0 Å². The minimum atomic E-state index is -0.374. The van der Waals surface area contributed by atoms with Gasteiger partial charge in [0.05, 0.1) is 6.54 Å². The number of rotatable bonds is 6. The predicted octanol–water partition coefficient (Wildman–Crippen LogP) is 1.22. The van der Waals surface area contributed by atoms with E-state index in [-0.39, 0.29) is 23.6 Å². The lowest BCUT2D eigenvalue weighted by Crippen LogP contribution is -2.37. The maximum atomic E-state index is 11.7. The topological polar surface area (TPSA) is 94.0 Å². The van der Waals surface area contributed by atoms with Crippen molar-refractivity contribution in [1.82, 2.24) is 25.5 Å². The summed E-state index contributed by atoms with van der Waals surface area (Å²) in [6.07, 6.45) is 0. The number of tetrazole rings is 1. The average molecular weight is 334 g/mol. The molecule has 1 aromatic heterocycles. The van der Waals surface area contributed by atoms with Gasteiger partial charge in [0, 0.05) is 0 Å². The molecular formula is C14H18N6O2S. The van der Waals surface area contributed by atoms with E-state index in [2.05, 4.69) is 26.0 Å². The van der Waals surface area contributed by atoms with Crippen LogP contribution in [0.15, 0.2) is 30.3 Å². The molecule has 0 fully saturated rings. The third kappa shape index (κ3) is 5.99. The van der Waals surface area contributed by atoms with Crippen molar-refractivity contribution in [3.63, 3.8) is 0 Å². The molecule has 122 valence electrons. The summed E-state index contributed by atoms with van der Waals surface area (Å²) in [4.78, 5) is 13.2. The molecule has 8 nitrogen and oxygen atoms in total. The second kappa shape index (κ2) is 8.18. The number of nitrogens with zero attached hydrogens (tertiary/aromatic N) is 4. The molecule has 1 heterocycles. The Hall–Kier alpha value is -2.55. The maximum absolute atomic E-state index is 11.7. The summed E-state index contributed by atoms with van der Waals surface area (Å²) in [6.45, 7) is 4.61. The zero-order chi connectivity index (χ0) is 16.7. The maximum Gasteiger partial charge on any atom is 0.269 e. The van der Waals surface area contributed by atoms with Gasteiger partial charge in [0.25, 0.3) is 11.9 Å². The highest BCUT2D eigenvalue weighted by Gasteiger charge is 2.09. The van der Waals surface area contributed by atoms with Crippen LogP contribution in [-0.2, 0) is 11.3 Å². The van der Waals surface area contributed by atoms with Crippen molar-refractivity contribution in [3.8, 4) is 5.75 Å². The number of para-hydroxylation sites is 1. The minimum absolute atomic E-state index is 0.0933. The monoisotopic (exact) mass is 334 g/mol. The van der Waals surface area contributed by atoms with Crippen molar-refractivity contribution in [2.75, 3.05) is 11.9 Å². The van der Waals surface area contributed by atoms with Crippen molar-refractivity contribution in [2.24, 2.45) is 5.92 Å². The number of amides is 1. The van der Waals surface area contributed by atoms with Crippen LogP contribution in [0.4, 0.5) is 5.95 Å². The molecule has 0 aliphatic heterocycles. The Kier molecular flexibility index (Phi) is 5.98. The van der Waals surface area contributed by atoms with Gasteiger partial charge in [-0.1, -0.05) is 37.1 Å².